The molecule has 1 aromatic carbocycles. The van der Waals surface area contributed by atoms with Crippen LogP contribution in [0, 0.1) is 6.92 Å². The topological polar surface area (TPSA) is 38.3 Å². The van der Waals surface area contributed by atoms with Gasteiger partial charge in [0.25, 0.3) is 0 Å². The highest BCUT2D eigenvalue weighted by Crippen LogP contribution is 2.24. The third-order valence-electron chi connectivity index (χ3n) is 3.63. The van der Waals surface area contributed by atoms with Crippen LogP contribution in [-0.4, -0.2) is 25.2 Å². The van der Waals surface area contributed by atoms with E-state index in [1.54, 1.807) is 11.3 Å². The SMILES string of the molecule is Cc1ccc(C(Cc2cccs2)C(=O)NCCOC(C)C)cc1. The quantitative estimate of drug-likeness (QED) is 0.745. The summed E-state index contributed by atoms with van der Waals surface area (Å²) in [5, 5.41) is 5.06. The summed E-state index contributed by atoms with van der Waals surface area (Å²) in [5.74, 6) is -0.0945. The van der Waals surface area contributed by atoms with Crippen molar-refractivity contribution in [3.63, 3.8) is 0 Å². The predicted octanol–water partition coefficient (Wildman–Crippen LogP) is 3.92. The Balaban J connectivity index is 2.03. The van der Waals surface area contributed by atoms with Crippen molar-refractivity contribution < 1.29 is 9.53 Å². The molecule has 2 aromatic rings. The van der Waals surface area contributed by atoms with Crippen LogP contribution in [0.2, 0.25) is 0 Å². The molecule has 3 nitrogen and oxygen atoms in total. The van der Waals surface area contributed by atoms with Gasteiger partial charge in [0.15, 0.2) is 0 Å². The van der Waals surface area contributed by atoms with Gasteiger partial charge in [-0.25, -0.2) is 0 Å². The van der Waals surface area contributed by atoms with Crippen LogP contribution in [0.4, 0.5) is 0 Å². The molecule has 124 valence electrons. The number of thiophene rings is 1. The Morgan fingerprint density at radius 3 is 2.57 bits per heavy atom. The molecule has 0 saturated carbocycles. The average molecular weight is 331 g/mol. The number of hydrogen-bond acceptors (Lipinski definition) is 3. The second kappa shape index (κ2) is 8.85. The summed E-state index contributed by atoms with van der Waals surface area (Å²) < 4.78 is 5.49. The maximum atomic E-state index is 12.6. The third kappa shape index (κ3) is 5.81. The van der Waals surface area contributed by atoms with Crippen LogP contribution in [0.1, 0.15) is 35.8 Å². The van der Waals surface area contributed by atoms with Crippen LogP contribution in [0.3, 0.4) is 0 Å². The van der Waals surface area contributed by atoms with Gasteiger partial charge in [-0.05, 0) is 44.2 Å². The second-order valence-corrected chi connectivity index (χ2v) is 6.99. The van der Waals surface area contributed by atoms with E-state index in [2.05, 4.69) is 48.0 Å². The standard InChI is InChI=1S/C19H25NO2S/c1-14(2)22-11-10-20-19(21)18(13-17-5-4-12-23-17)16-8-6-15(3)7-9-16/h4-9,12,14,18H,10-11,13H2,1-3H3,(H,20,21). The average Bonchev–Trinajstić information content (AvgIpc) is 3.03. The van der Waals surface area contributed by atoms with Crippen LogP contribution < -0.4 is 5.32 Å². The van der Waals surface area contributed by atoms with E-state index < -0.39 is 0 Å². The minimum atomic E-state index is -0.159. The molecule has 1 aromatic heterocycles. The van der Waals surface area contributed by atoms with Gasteiger partial charge in [-0.2, -0.15) is 0 Å². The monoisotopic (exact) mass is 331 g/mol. The van der Waals surface area contributed by atoms with E-state index in [1.807, 2.05) is 19.9 Å². The molecule has 23 heavy (non-hydrogen) atoms. The smallest absolute Gasteiger partial charge is 0.227 e. The van der Waals surface area contributed by atoms with Gasteiger partial charge in [-0.15, -0.1) is 11.3 Å². The Bertz CT molecular complexity index is 590. The van der Waals surface area contributed by atoms with Gasteiger partial charge in [-0.3, -0.25) is 4.79 Å². The maximum Gasteiger partial charge on any atom is 0.227 e. The number of amides is 1. The normalized spacial score (nSPS) is 12.3. The molecule has 0 aliphatic carbocycles. The van der Waals surface area contributed by atoms with Gasteiger partial charge in [0.2, 0.25) is 5.91 Å². The van der Waals surface area contributed by atoms with Crippen LogP contribution >= 0.6 is 11.3 Å². The van der Waals surface area contributed by atoms with E-state index in [-0.39, 0.29) is 17.9 Å². The lowest BCUT2D eigenvalue weighted by molar-refractivity contribution is -0.122. The zero-order chi connectivity index (χ0) is 16.7. The van der Waals surface area contributed by atoms with Crippen LogP contribution in [0.5, 0.6) is 0 Å². The van der Waals surface area contributed by atoms with Crippen LogP contribution in [0.15, 0.2) is 41.8 Å². The molecule has 4 heteroatoms. The summed E-state index contributed by atoms with van der Waals surface area (Å²) >= 11 is 1.69. The number of nitrogens with one attached hydrogen (secondary N) is 1. The van der Waals surface area contributed by atoms with Gasteiger partial charge in [0, 0.05) is 11.4 Å². The molecule has 2 rings (SSSR count). The number of aryl methyl sites for hydroxylation is 1. The highest BCUT2D eigenvalue weighted by Gasteiger charge is 2.21. The lowest BCUT2D eigenvalue weighted by Crippen LogP contribution is -2.33. The Morgan fingerprint density at radius 2 is 1.96 bits per heavy atom. The van der Waals surface area contributed by atoms with E-state index in [0.29, 0.717) is 13.2 Å². The van der Waals surface area contributed by atoms with Crippen molar-refractivity contribution in [2.75, 3.05) is 13.2 Å². The Morgan fingerprint density at radius 1 is 1.22 bits per heavy atom. The molecule has 0 fully saturated rings. The molecular formula is C19H25NO2S. The molecule has 0 spiro atoms. The molecule has 0 aliphatic heterocycles. The van der Waals surface area contributed by atoms with Gasteiger partial charge in [0.05, 0.1) is 18.6 Å². The minimum absolute atomic E-state index is 0.0645. The first-order chi connectivity index (χ1) is 11.1. The lowest BCUT2D eigenvalue weighted by atomic mass is 9.93. The molecule has 0 bridgehead atoms. The van der Waals surface area contributed by atoms with Gasteiger partial charge < -0.3 is 10.1 Å². The molecule has 0 radical (unpaired) electrons. The first-order valence-electron chi connectivity index (χ1n) is 8.04. The van der Waals surface area contributed by atoms with Gasteiger partial charge in [0.1, 0.15) is 0 Å². The number of carbonyl (C=O) groups is 1. The van der Waals surface area contributed by atoms with Crippen molar-refractivity contribution in [1.29, 1.82) is 0 Å². The van der Waals surface area contributed by atoms with Crippen molar-refractivity contribution >= 4 is 17.2 Å². The molecule has 1 amide bonds. The van der Waals surface area contributed by atoms with Crippen molar-refractivity contribution in [1.82, 2.24) is 5.32 Å². The molecule has 0 saturated heterocycles. The fraction of sp³-hybridized carbons (Fsp3) is 0.421. The molecule has 1 heterocycles. The Labute approximate surface area is 142 Å². The minimum Gasteiger partial charge on any atom is -0.377 e. The highest BCUT2D eigenvalue weighted by atomic mass is 32.1. The number of rotatable bonds is 8. The van der Waals surface area contributed by atoms with E-state index >= 15 is 0 Å². The highest BCUT2D eigenvalue weighted by molar-refractivity contribution is 7.09. The molecule has 0 aliphatic rings. The number of benzene rings is 1. The Kier molecular flexibility index (Phi) is 6.81. The molecule has 1 unspecified atom stereocenters. The summed E-state index contributed by atoms with van der Waals surface area (Å²) in [6.45, 7) is 7.13. The van der Waals surface area contributed by atoms with E-state index in [4.69, 9.17) is 4.74 Å². The first kappa shape index (κ1) is 17.7. The van der Waals surface area contributed by atoms with E-state index in [9.17, 15) is 4.79 Å². The van der Waals surface area contributed by atoms with Crippen molar-refractivity contribution in [2.45, 2.75) is 39.2 Å². The van der Waals surface area contributed by atoms with Crippen molar-refractivity contribution in [3.05, 3.63) is 57.8 Å². The first-order valence-corrected chi connectivity index (χ1v) is 8.92. The summed E-state index contributed by atoms with van der Waals surface area (Å²) in [5.41, 5.74) is 2.26. The van der Waals surface area contributed by atoms with Crippen molar-refractivity contribution in [2.24, 2.45) is 0 Å². The van der Waals surface area contributed by atoms with E-state index in [0.717, 1.165) is 12.0 Å². The summed E-state index contributed by atoms with van der Waals surface area (Å²) in [6.07, 6.45) is 0.920. The number of ether oxygens (including phenoxy) is 1. The fourth-order valence-electron chi connectivity index (χ4n) is 2.38. The fourth-order valence-corrected chi connectivity index (χ4v) is 3.13. The van der Waals surface area contributed by atoms with Crippen molar-refractivity contribution in [3.8, 4) is 0 Å². The lowest BCUT2D eigenvalue weighted by Gasteiger charge is -2.17. The van der Waals surface area contributed by atoms with E-state index in [1.165, 1.54) is 10.4 Å². The van der Waals surface area contributed by atoms with Crippen LogP contribution in [0.25, 0.3) is 0 Å². The largest absolute Gasteiger partial charge is 0.377 e. The summed E-state index contributed by atoms with van der Waals surface area (Å²) in [6, 6.07) is 12.3. The number of hydrogen-bond donors (Lipinski definition) is 1. The Hall–Kier alpha value is -1.65. The molecule has 1 atom stereocenters. The zero-order valence-corrected chi connectivity index (χ0v) is 14.9. The number of carbonyl (C=O) groups excluding carboxylic acids is 1. The third-order valence-corrected chi connectivity index (χ3v) is 4.53. The maximum absolute atomic E-state index is 12.6. The zero-order valence-electron chi connectivity index (χ0n) is 14.0. The molecule has 1 N–H and O–H groups in total. The van der Waals surface area contributed by atoms with Gasteiger partial charge in [-0.1, -0.05) is 35.9 Å². The predicted molar refractivity (Wildman–Crippen MR) is 96.0 cm³/mol. The molecular weight excluding hydrogens is 306 g/mol. The summed E-state index contributed by atoms with van der Waals surface area (Å²) in [4.78, 5) is 13.9. The summed E-state index contributed by atoms with van der Waals surface area (Å²) in [7, 11) is 0. The van der Waals surface area contributed by atoms with Gasteiger partial charge >= 0.3 is 0 Å². The van der Waals surface area contributed by atoms with Crippen LogP contribution in [-0.2, 0) is 16.0 Å². The second-order valence-electron chi connectivity index (χ2n) is 5.96.